The van der Waals surface area contributed by atoms with Crippen molar-refractivity contribution in [1.29, 1.82) is 0 Å². The van der Waals surface area contributed by atoms with Crippen LogP contribution >= 0.6 is 0 Å². The minimum absolute atomic E-state index is 0.0561. The van der Waals surface area contributed by atoms with Crippen LogP contribution in [-0.4, -0.2) is 16.9 Å². The number of hydrogen-bond acceptors (Lipinski definition) is 1. The van der Waals surface area contributed by atoms with Gasteiger partial charge in [-0.1, -0.05) is 0 Å². The first-order valence-corrected chi connectivity index (χ1v) is 5.90. The summed E-state index contributed by atoms with van der Waals surface area (Å²) in [5, 5.41) is 2.90. The largest absolute Gasteiger partial charge is 0.354 e. The molecule has 1 rings (SSSR count). The molecule has 0 fully saturated rings. The number of H-pyrrole nitrogens is 1. The van der Waals surface area contributed by atoms with E-state index in [1.807, 2.05) is 18.7 Å². The molecule has 2 N–H and O–H groups in total. The van der Waals surface area contributed by atoms with Gasteiger partial charge in [-0.2, -0.15) is 0 Å². The van der Waals surface area contributed by atoms with E-state index in [0.29, 0.717) is 6.04 Å². The summed E-state index contributed by atoms with van der Waals surface area (Å²) in [7, 11) is 0. The number of aromatic nitrogens is 2. The Kier molecular flexibility index (Phi) is 5.02. The Hall–Kier alpha value is -1.32. The van der Waals surface area contributed by atoms with Crippen LogP contribution in [0.2, 0.25) is 0 Å². The summed E-state index contributed by atoms with van der Waals surface area (Å²) in [5.41, 5.74) is 0. The molecule has 4 nitrogen and oxygen atoms in total. The highest BCUT2D eigenvalue weighted by atomic mass is 16.1. The van der Waals surface area contributed by atoms with Gasteiger partial charge in [0, 0.05) is 13.0 Å². The lowest BCUT2D eigenvalue weighted by Crippen LogP contribution is -2.35. The molecule has 1 aromatic rings. The van der Waals surface area contributed by atoms with Crippen molar-refractivity contribution in [3.8, 4) is 0 Å². The van der Waals surface area contributed by atoms with Gasteiger partial charge in [0.25, 0.3) is 0 Å². The molecule has 0 spiro atoms. The first kappa shape index (κ1) is 12.7. The van der Waals surface area contributed by atoms with Crippen LogP contribution in [0.15, 0.2) is 18.7 Å². The predicted molar refractivity (Wildman–Crippen MR) is 62.8 cm³/mol. The van der Waals surface area contributed by atoms with Crippen molar-refractivity contribution in [2.45, 2.75) is 52.1 Å². The van der Waals surface area contributed by atoms with Gasteiger partial charge in [0.2, 0.25) is 12.2 Å². The third-order valence-corrected chi connectivity index (χ3v) is 2.78. The lowest BCUT2D eigenvalue weighted by Gasteiger charge is -2.13. The van der Waals surface area contributed by atoms with Crippen molar-refractivity contribution in [2.75, 3.05) is 0 Å². The van der Waals surface area contributed by atoms with Gasteiger partial charge in [-0.3, -0.25) is 9.78 Å². The van der Waals surface area contributed by atoms with Crippen LogP contribution in [0.1, 0.15) is 46.1 Å². The number of hydrogen-bond donors (Lipinski definition) is 2. The van der Waals surface area contributed by atoms with Gasteiger partial charge in [-0.05, 0) is 33.1 Å². The van der Waals surface area contributed by atoms with Crippen LogP contribution in [-0.2, 0) is 4.79 Å². The average Bonchev–Trinajstić information content (AvgIpc) is 2.68. The lowest BCUT2D eigenvalue weighted by atomic mass is 10.1. The third-order valence-electron chi connectivity index (χ3n) is 2.78. The third kappa shape index (κ3) is 4.47. The molecule has 0 saturated heterocycles. The topological polar surface area (TPSA) is 48.8 Å². The maximum atomic E-state index is 10.8. The predicted octanol–water partition coefficient (Wildman–Crippen LogP) is 1.56. The van der Waals surface area contributed by atoms with E-state index in [0.717, 1.165) is 19.3 Å². The fraction of sp³-hybridized carbons (Fsp3) is 0.667. The van der Waals surface area contributed by atoms with E-state index in [-0.39, 0.29) is 11.9 Å². The molecule has 0 bridgehead atoms. The molecule has 0 aliphatic carbocycles. The van der Waals surface area contributed by atoms with Crippen molar-refractivity contribution in [2.24, 2.45) is 0 Å². The smallest absolute Gasteiger partial charge is 0.241 e. The molecule has 0 radical (unpaired) electrons. The van der Waals surface area contributed by atoms with Crippen LogP contribution in [0.25, 0.3) is 0 Å². The SMILES string of the molecule is CC(=O)NC(C)CCCC(C)[n+]1cc[nH]c1. The van der Waals surface area contributed by atoms with Crippen LogP contribution in [0.4, 0.5) is 0 Å². The van der Waals surface area contributed by atoms with E-state index in [1.54, 1.807) is 6.92 Å². The zero-order chi connectivity index (χ0) is 12.0. The number of imidazole rings is 1. The highest BCUT2D eigenvalue weighted by Crippen LogP contribution is 2.08. The zero-order valence-corrected chi connectivity index (χ0v) is 10.4. The molecule has 1 amide bonds. The molecule has 0 aliphatic rings. The first-order chi connectivity index (χ1) is 7.59. The van der Waals surface area contributed by atoms with Crippen LogP contribution < -0.4 is 9.88 Å². The van der Waals surface area contributed by atoms with Gasteiger partial charge < -0.3 is 5.32 Å². The molecule has 90 valence electrons. The zero-order valence-electron chi connectivity index (χ0n) is 10.4. The standard InChI is InChI=1S/C12H21N3O/c1-10(14-12(3)16)5-4-6-11(2)15-8-7-13-9-15/h7-11H,4-6H2,1-3H3,(H,14,16)/p+1. The minimum Gasteiger partial charge on any atom is -0.354 e. The Labute approximate surface area is 97.1 Å². The molecule has 16 heavy (non-hydrogen) atoms. The maximum Gasteiger partial charge on any atom is 0.241 e. The lowest BCUT2D eigenvalue weighted by molar-refractivity contribution is -0.719. The monoisotopic (exact) mass is 224 g/mol. The van der Waals surface area contributed by atoms with E-state index < -0.39 is 0 Å². The van der Waals surface area contributed by atoms with Crippen molar-refractivity contribution in [3.63, 3.8) is 0 Å². The normalized spacial score (nSPS) is 14.4. The molecule has 1 aromatic heterocycles. The molecule has 1 heterocycles. The average molecular weight is 224 g/mol. The second-order valence-corrected chi connectivity index (χ2v) is 4.44. The highest BCUT2D eigenvalue weighted by Gasteiger charge is 2.10. The molecule has 0 aromatic carbocycles. The van der Waals surface area contributed by atoms with Crippen LogP contribution in [0.3, 0.4) is 0 Å². The summed E-state index contributed by atoms with van der Waals surface area (Å²) in [4.78, 5) is 13.9. The minimum atomic E-state index is 0.0561. The Morgan fingerprint density at radius 1 is 1.44 bits per heavy atom. The van der Waals surface area contributed by atoms with Gasteiger partial charge in [0.15, 0.2) is 0 Å². The van der Waals surface area contributed by atoms with E-state index in [4.69, 9.17) is 0 Å². The fourth-order valence-corrected chi connectivity index (χ4v) is 1.86. The van der Waals surface area contributed by atoms with Crippen molar-refractivity contribution in [1.82, 2.24) is 10.3 Å². The quantitative estimate of drug-likeness (QED) is 0.708. The number of rotatable bonds is 6. The summed E-state index contributed by atoms with van der Waals surface area (Å²) >= 11 is 0. The summed E-state index contributed by atoms with van der Waals surface area (Å²) in [6, 6.07) is 0.789. The van der Waals surface area contributed by atoms with Gasteiger partial charge in [-0.15, -0.1) is 0 Å². The number of nitrogens with zero attached hydrogens (tertiary/aromatic N) is 1. The molecular formula is C12H22N3O+. The fourth-order valence-electron chi connectivity index (χ4n) is 1.86. The van der Waals surface area contributed by atoms with Crippen molar-refractivity contribution in [3.05, 3.63) is 18.7 Å². The van der Waals surface area contributed by atoms with E-state index in [1.165, 1.54) is 0 Å². The van der Waals surface area contributed by atoms with Gasteiger partial charge in [-0.25, -0.2) is 4.57 Å². The van der Waals surface area contributed by atoms with E-state index >= 15 is 0 Å². The number of carbonyl (C=O) groups excluding carboxylic acids is 1. The summed E-state index contributed by atoms with van der Waals surface area (Å²) in [6.45, 7) is 5.82. The van der Waals surface area contributed by atoms with Crippen LogP contribution in [0.5, 0.6) is 0 Å². The summed E-state index contributed by atoms with van der Waals surface area (Å²) in [6.07, 6.45) is 9.24. The summed E-state index contributed by atoms with van der Waals surface area (Å²) in [5.74, 6) is 0.0561. The Balaban J connectivity index is 2.18. The molecule has 0 saturated carbocycles. The molecule has 2 atom stereocenters. The first-order valence-electron chi connectivity index (χ1n) is 5.90. The van der Waals surface area contributed by atoms with Gasteiger partial charge in [0.05, 0.1) is 6.04 Å². The molecule has 0 aliphatic heterocycles. The number of aromatic amines is 1. The van der Waals surface area contributed by atoms with Gasteiger partial charge in [0.1, 0.15) is 12.4 Å². The maximum absolute atomic E-state index is 10.8. The van der Waals surface area contributed by atoms with Gasteiger partial charge >= 0.3 is 0 Å². The second kappa shape index (κ2) is 6.30. The highest BCUT2D eigenvalue weighted by molar-refractivity contribution is 5.73. The number of nitrogens with one attached hydrogen (secondary N) is 2. The molecular weight excluding hydrogens is 202 g/mol. The number of carbonyl (C=O) groups is 1. The second-order valence-electron chi connectivity index (χ2n) is 4.44. The van der Waals surface area contributed by atoms with Crippen molar-refractivity contribution < 1.29 is 9.36 Å². The Morgan fingerprint density at radius 3 is 2.75 bits per heavy atom. The van der Waals surface area contributed by atoms with Crippen molar-refractivity contribution >= 4 is 5.91 Å². The number of amides is 1. The van der Waals surface area contributed by atoms with Crippen LogP contribution in [0, 0.1) is 0 Å². The Morgan fingerprint density at radius 2 is 2.19 bits per heavy atom. The summed E-state index contributed by atoms with van der Waals surface area (Å²) < 4.78 is 2.17. The molecule has 2 unspecified atom stereocenters. The van der Waals surface area contributed by atoms with E-state index in [9.17, 15) is 4.79 Å². The van der Waals surface area contributed by atoms with E-state index in [2.05, 4.69) is 28.7 Å². The molecule has 4 heteroatoms. The Bertz CT molecular complexity index is 308.